The zero-order chi connectivity index (χ0) is 13.8. The SMILES string of the molecule is Cc1cc(C)c(N=[N+]=[N-])c(C)c1Cc1ccccc1. The number of nitrogens with zero attached hydrogens (tertiary/aromatic N) is 3. The van der Waals surface area contributed by atoms with Crippen molar-refractivity contribution in [3.05, 3.63) is 74.7 Å². The van der Waals surface area contributed by atoms with Crippen LogP contribution in [0.15, 0.2) is 41.5 Å². The maximum Gasteiger partial charge on any atom is 0.0436 e. The molecule has 3 heteroatoms. The quantitative estimate of drug-likeness (QED) is 0.412. The molecule has 3 nitrogen and oxygen atoms in total. The molecule has 2 aromatic carbocycles. The van der Waals surface area contributed by atoms with Crippen molar-refractivity contribution in [1.29, 1.82) is 0 Å². The molecule has 96 valence electrons. The summed E-state index contributed by atoms with van der Waals surface area (Å²) >= 11 is 0. The maximum absolute atomic E-state index is 8.68. The number of hydrogen-bond acceptors (Lipinski definition) is 1. The molecule has 0 N–H and O–H groups in total. The van der Waals surface area contributed by atoms with Gasteiger partial charge in [0.15, 0.2) is 0 Å². The Bertz CT molecular complexity index is 639. The first kappa shape index (κ1) is 13.2. The molecule has 0 saturated heterocycles. The van der Waals surface area contributed by atoms with E-state index in [0.29, 0.717) is 0 Å². The van der Waals surface area contributed by atoms with Crippen LogP contribution in [0.25, 0.3) is 10.4 Å². The van der Waals surface area contributed by atoms with Crippen LogP contribution < -0.4 is 0 Å². The van der Waals surface area contributed by atoms with Gasteiger partial charge in [-0.15, -0.1) is 0 Å². The highest BCUT2D eigenvalue weighted by molar-refractivity contribution is 5.58. The van der Waals surface area contributed by atoms with Gasteiger partial charge in [0.25, 0.3) is 0 Å². The Morgan fingerprint density at radius 3 is 2.37 bits per heavy atom. The minimum Gasteiger partial charge on any atom is -0.0622 e. The molecule has 0 aromatic heterocycles. The summed E-state index contributed by atoms with van der Waals surface area (Å²) in [5.74, 6) is 0. The van der Waals surface area contributed by atoms with Crippen molar-refractivity contribution in [3.8, 4) is 0 Å². The van der Waals surface area contributed by atoms with Crippen LogP contribution in [0.1, 0.15) is 27.8 Å². The van der Waals surface area contributed by atoms with Crippen molar-refractivity contribution in [2.75, 3.05) is 0 Å². The van der Waals surface area contributed by atoms with Gasteiger partial charge in [-0.3, -0.25) is 0 Å². The van der Waals surface area contributed by atoms with E-state index in [1.165, 1.54) is 16.7 Å². The highest BCUT2D eigenvalue weighted by atomic mass is 15.1. The fraction of sp³-hybridized carbons (Fsp3) is 0.250. The van der Waals surface area contributed by atoms with Crippen molar-refractivity contribution in [2.45, 2.75) is 27.2 Å². The van der Waals surface area contributed by atoms with Crippen LogP contribution in [-0.2, 0) is 6.42 Å². The molecule has 0 bridgehead atoms. The molecule has 2 rings (SSSR count). The molecule has 0 aliphatic heterocycles. The van der Waals surface area contributed by atoms with Crippen LogP contribution in [0, 0.1) is 20.8 Å². The zero-order valence-electron chi connectivity index (χ0n) is 11.5. The van der Waals surface area contributed by atoms with E-state index in [1.807, 2.05) is 32.0 Å². The summed E-state index contributed by atoms with van der Waals surface area (Å²) in [6.45, 7) is 6.12. The predicted molar refractivity (Wildman–Crippen MR) is 78.7 cm³/mol. The lowest BCUT2D eigenvalue weighted by molar-refractivity contribution is 1.11. The average molecular weight is 251 g/mol. The van der Waals surface area contributed by atoms with E-state index in [0.717, 1.165) is 23.2 Å². The topological polar surface area (TPSA) is 48.8 Å². The predicted octanol–water partition coefficient (Wildman–Crippen LogP) is 5.14. The molecule has 2 aromatic rings. The first-order valence-corrected chi connectivity index (χ1v) is 6.32. The van der Waals surface area contributed by atoms with Crippen molar-refractivity contribution < 1.29 is 0 Å². The normalized spacial score (nSPS) is 10.1. The van der Waals surface area contributed by atoms with Crippen molar-refractivity contribution in [2.24, 2.45) is 5.11 Å². The Balaban J connectivity index is 2.51. The number of hydrogen-bond donors (Lipinski definition) is 0. The summed E-state index contributed by atoms with van der Waals surface area (Å²) in [6.07, 6.45) is 0.868. The van der Waals surface area contributed by atoms with Gasteiger partial charge in [-0.2, -0.15) is 0 Å². The molecule has 0 unspecified atom stereocenters. The van der Waals surface area contributed by atoms with E-state index in [4.69, 9.17) is 5.53 Å². The Morgan fingerprint density at radius 1 is 1.05 bits per heavy atom. The highest BCUT2D eigenvalue weighted by Crippen LogP contribution is 2.30. The van der Waals surface area contributed by atoms with Gasteiger partial charge in [-0.25, -0.2) is 0 Å². The van der Waals surface area contributed by atoms with Gasteiger partial charge >= 0.3 is 0 Å². The van der Waals surface area contributed by atoms with E-state index in [9.17, 15) is 0 Å². The monoisotopic (exact) mass is 251 g/mol. The van der Waals surface area contributed by atoms with Gasteiger partial charge in [-0.05, 0) is 60.5 Å². The second-order valence-corrected chi connectivity index (χ2v) is 4.81. The summed E-state index contributed by atoms with van der Waals surface area (Å²) in [7, 11) is 0. The number of rotatable bonds is 3. The molecule has 0 radical (unpaired) electrons. The van der Waals surface area contributed by atoms with Crippen molar-refractivity contribution in [1.82, 2.24) is 0 Å². The van der Waals surface area contributed by atoms with E-state index in [1.54, 1.807) is 0 Å². The average Bonchev–Trinajstić information content (AvgIpc) is 2.41. The first-order chi connectivity index (χ1) is 9.13. The fourth-order valence-corrected chi connectivity index (χ4v) is 2.49. The second kappa shape index (κ2) is 5.59. The number of azide groups is 1. The Labute approximate surface area is 113 Å². The Hall–Kier alpha value is -2.25. The molecule has 0 atom stereocenters. The third-order valence-corrected chi connectivity index (χ3v) is 3.46. The zero-order valence-corrected chi connectivity index (χ0v) is 11.5. The van der Waals surface area contributed by atoms with Crippen LogP contribution in [0.2, 0.25) is 0 Å². The van der Waals surface area contributed by atoms with Gasteiger partial charge < -0.3 is 0 Å². The maximum atomic E-state index is 8.68. The second-order valence-electron chi connectivity index (χ2n) is 4.81. The lowest BCUT2D eigenvalue weighted by atomic mass is 9.93. The summed E-state index contributed by atoms with van der Waals surface area (Å²) in [4.78, 5) is 2.93. The summed E-state index contributed by atoms with van der Waals surface area (Å²) < 4.78 is 0. The fourth-order valence-electron chi connectivity index (χ4n) is 2.49. The van der Waals surface area contributed by atoms with Crippen LogP contribution >= 0.6 is 0 Å². The molecule has 0 aliphatic rings. The van der Waals surface area contributed by atoms with Crippen molar-refractivity contribution in [3.63, 3.8) is 0 Å². The minimum atomic E-state index is 0.763. The Morgan fingerprint density at radius 2 is 1.74 bits per heavy atom. The first-order valence-electron chi connectivity index (χ1n) is 6.32. The lowest BCUT2D eigenvalue weighted by Crippen LogP contribution is -1.97. The van der Waals surface area contributed by atoms with Crippen LogP contribution in [0.3, 0.4) is 0 Å². The number of aryl methyl sites for hydroxylation is 2. The number of benzene rings is 2. The largest absolute Gasteiger partial charge is 0.0622 e. The third-order valence-electron chi connectivity index (χ3n) is 3.46. The molecular weight excluding hydrogens is 234 g/mol. The molecule has 0 heterocycles. The molecular formula is C16H17N3. The molecule has 0 aliphatic carbocycles. The van der Waals surface area contributed by atoms with Gasteiger partial charge in [0.2, 0.25) is 0 Å². The Kier molecular flexibility index (Phi) is 3.88. The van der Waals surface area contributed by atoms with Crippen LogP contribution in [0.5, 0.6) is 0 Å². The van der Waals surface area contributed by atoms with Crippen molar-refractivity contribution >= 4 is 5.69 Å². The molecule has 0 saturated carbocycles. The highest BCUT2D eigenvalue weighted by Gasteiger charge is 2.10. The summed E-state index contributed by atoms with van der Waals surface area (Å²) in [6, 6.07) is 12.4. The summed E-state index contributed by atoms with van der Waals surface area (Å²) in [5, 5.41) is 3.83. The molecule has 0 fully saturated rings. The van der Waals surface area contributed by atoms with Gasteiger partial charge in [0, 0.05) is 10.6 Å². The van der Waals surface area contributed by atoms with Gasteiger partial charge in [-0.1, -0.05) is 41.5 Å². The van der Waals surface area contributed by atoms with E-state index < -0.39 is 0 Å². The van der Waals surface area contributed by atoms with Crippen LogP contribution in [0.4, 0.5) is 5.69 Å². The minimum absolute atomic E-state index is 0.763. The van der Waals surface area contributed by atoms with E-state index in [2.05, 4.69) is 35.1 Å². The van der Waals surface area contributed by atoms with Gasteiger partial charge in [0.05, 0.1) is 0 Å². The lowest BCUT2D eigenvalue weighted by Gasteiger charge is -2.14. The standard InChI is InChI=1S/C16H17N3/c1-11-9-12(2)16(18-19-17)13(3)15(11)10-14-7-5-4-6-8-14/h4-9H,10H2,1-3H3. The van der Waals surface area contributed by atoms with E-state index >= 15 is 0 Å². The van der Waals surface area contributed by atoms with Crippen LogP contribution in [-0.4, -0.2) is 0 Å². The third kappa shape index (κ3) is 2.78. The van der Waals surface area contributed by atoms with E-state index in [-0.39, 0.29) is 0 Å². The molecule has 19 heavy (non-hydrogen) atoms. The smallest absolute Gasteiger partial charge is 0.0436 e. The molecule has 0 amide bonds. The van der Waals surface area contributed by atoms with Gasteiger partial charge in [0.1, 0.15) is 0 Å². The molecule has 0 spiro atoms. The summed E-state index contributed by atoms with van der Waals surface area (Å²) in [5.41, 5.74) is 15.3.